The monoisotopic (exact) mass is 338 g/mol. The maximum atomic E-state index is 11.4. The van der Waals surface area contributed by atoms with Gasteiger partial charge in [0.25, 0.3) is 0 Å². The van der Waals surface area contributed by atoms with Crippen molar-refractivity contribution in [2.24, 2.45) is 0 Å². The Morgan fingerprint density at radius 3 is 1.57 bits per heavy atom. The van der Waals surface area contributed by atoms with E-state index in [4.69, 9.17) is 9.47 Å². The predicted molar refractivity (Wildman–Crippen MR) is 95.8 cm³/mol. The number of hydrogen-bond donors (Lipinski definition) is 0. The van der Waals surface area contributed by atoms with Crippen LogP contribution in [0, 0.1) is 0 Å². The Labute approximate surface area is 164 Å². The van der Waals surface area contributed by atoms with Crippen LogP contribution >= 0.6 is 0 Å². The molecule has 0 atom stereocenters. The van der Waals surface area contributed by atoms with Crippen LogP contribution in [0.5, 0.6) is 0 Å². The number of rotatable bonds is 15. The van der Waals surface area contributed by atoms with Gasteiger partial charge in [0.05, 0.1) is 26.1 Å². The number of esters is 2. The first kappa shape index (κ1) is 25.2. The Morgan fingerprint density at radius 1 is 0.652 bits per heavy atom. The van der Waals surface area contributed by atoms with Gasteiger partial charge in [-0.2, -0.15) is 0 Å². The van der Waals surface area contributed by atoms with Gasteiger partial charge in [-0.25, -0.2) is 0 Å². The quantitative estimate of drug-likeness (QED) is 0.256. The standard InChI is InChI=1S/C18H34O4.Na.H/c1-3-5-6-7-8-9-10-11-12-13-16-22-18(20)15-14-17(19)21-4-2;;/h3-16H2,1-2H3;;. The summed E-state index contributed by atoms with van der Waals surface area (Å²) in [6.07, 6.45) is 12.8. The van der Waals surface area contributed by atoms with Crippen LogP contribution in [0.3, 0.4) is 0 Å². The van der Waals surface area contributed by atoms with Gasteiger partial charge in [0.2, 0.25) is 0 Å². The molecule has 0 saturated carbocycles. The van der Waals surface area contributed by atoms with Gasteiger partial charge < -0.3 is 9.47 Å². The molecular weight excluding hydrogens is 303 g/mol. The molecule has 0 aromatic rings. The van der Waals surface area contributed by atoms with Gasteiger partial charge in [-0.05, 0) is 13.3 Å². The summed E-state index contributed by atoms with van der Waals surface area (Å²) in [7, 11) is 0. The topological polar surface area (TPSA) is 52.6 Å². The number of ether oxygens (including phenoxy) is 2. The van der Waals surface area contributed by atoms with E-state index in [-0.39, 0.29) is 54.3 Å². The summed E-state index contributed by atoms with van der Waals surface area (Å²) in [6, 6.07) is 0. The van der Waals surface area contributed by atoms with Crippen LogP contribution in [-0.2, 0) is 19.1 Å². The van der Waals surface area contributed by atoms with E-state index in [0.717, 1.165) is 12.8 Å². The third kappa shape index (κ3) is 19.9. The summed E-state index contributed by atoms with van der Waals surface area (Å²) in [5.41, 5.74) is 0. The second-order valence-corrected chi connectivity index (χ2v) is 5.71. The molecule has 0 aromatic carbocycles. The average molecular weight is 338 g/mol. The summed E-state index contributed by atoms with van der Waals surface area (Å²) >= 11 is 0. The van der Waals surface area contributed by atoms with Crippen molar-refractivity contribution < 1.29 is 19.1 Å². The second kappa shape index (κ2) is 20.0. The number of carbonyl (C=O) groups excluding carboxylic acids is 2. The molecule has 0 aliphatic heterocycles. The maximum absolute atomic E-state index is 11.4. The Balaban J connectivity index is 0. The molecule has 0 saturated heterocycles. The van der Waals surface area contributed by atoms with Gasteiger partial charge in [0, 0.05) is 0 Å². The summed E-state index contributed by atoms with van der Waals surface area (Å²) in [4.78, 5) is 22.5. The molecule has 0 aliphatic carbocycles. The molecule has 0 amide bonds. The third-order valence-corrected chi connectivity index (χ3v) is 3.60. The van der Waals surface area contributed by atoms with Gasteiger partial charge in [0.1, 0.15) is 0 Å². The molecule has 0 unspecified atom stereocenters. The molecular formula is C18H35NaO4. The fraction of sp³-hybridized carbons (Fsp3) is 0.889. The van der Waals surface area contributed by atoms with Gasteiger partial charge >= 0.3 is 41.5 Å². The van der Waals surface area contributed by atoms with E-state index >= 15 is 0 Å². The molecule has 0 rings (SSSR count). The van der Waals surface area contributed by atoms with E-state index in [2.05, 4.69) is 6.92 Å². The van der Waals surface area contributed by atoms with Crippen LogP contribution in [-0.4, -0.2) is 54.7 Å². The molecule has 0 fully saturated rings. The van der Waals surface area contributed by atoms with Gasteiger partial charge in [-0.3, -0.25) is 9.59 Å². The van der Waals surface area contributed by atoms with Crippen LogP contribution in [0.4, 0.5) is 0 Å². The fourth-order valence-corrected chi connectivity index (χ4v) is 2.28. The van der Waals surface area contributed by atoms with Crippen molar-refractivity contribution in [1.29, 1.82) is 0 Å². The Kier molecular flexibility index (Phi) is 21.9. The summed E-state index contributed by atoms with van der Waals surface area (Å²) in [5, 5.41) is 0. The Bertz CT molecular complexity index is 282. The molecule has 0 spiro atoms. The molecule has 5 heteroatoms. The molecule has 0 radical (unpaired) electrons. The van der Waals surface area contributed by atoms with E-state index in [1.54, 1.807) is 6.92 Å². The van der Waals surface area contributed by atoms with Crippen LogP contribution in [0.2, 0.25) is 0 Å². The average Bonchev–Trinajstić information content (AvgIpc) is 2.51. The van der Waals surface area contributed by atoms with E-state index in [9.17, 15) is 9.59 Å². The Morgan fingerprint density at radius 2 is 1.09 bits per heavy atom. The zero-order chi connectivity index (χ0) is 16.5. The minimum absolute atomic E-state index is 0. The fourth-order valence-electron chi connectivity index (χ4n) is 2.28. The second-order valence-electron chi connectivity index (χ2n) is 5.71. The van der Waals surface area contributed by atoms with Crippen molar-refractivity contribution in [2.75, 3.05) is 13.2 Å². The molecule has 23 heavy (non-hydrogen) atoms. The molecule has 0 aromatic heterocycles. The van der Waals surface area contributed by atoms with Crippen molar-refractivity contribution in [3.63, 3.8) is 0 Å². The SMILES string of the molecule is CCCCCCCCCCCCOC(=O)CCC(=O)OCC.[NaH]. The molecule has 4 nitrogen and oxygen atoms in total. The molecule has 0 aliphatic rings. The van der Waals surface area contributed by atoms with E-state index in [1.165, 1.54) is 51.4 Å². The van der Waals surface area contributed by atoms with Gasteiger partial charge in [-0.15, -0.1) is 0 Å². The predicted octanol–water partition coefficient (Wildman–Crippen LogP) is 4.15. The van der Waals surface area contributed by atoms with Crippen LogP contribution in [0.25, 0.3) is 0 Å². The summed E-state index contributed by atoms with van der Waals surface area (Å²) < 4.78 is 9.85. The number of carbonyl (C=O) groups is 2. The van der Waals surface area contributed by atoms with Crippen molar-refractivity contribution in [3.8, 4) is 0 Å². The summed E-state index contributed by atoms with van der Waals surface area (Å²) in [5.74, 6) is -0.637. The summed E-state index contributed by atoms with van der Waals surface area (Å²) in [6.45, 7) is 4.82. The van der Waals surface area contributed by atoms with Crippen molar-refractivity contribution in [1.82, 2.24) is 0 Å². The van der Waals surface area contributed by atoms with Crippen LogP contribution in [0.15, 0.2) is 0 Å². The normalized spacial score (nSPS) is 10.0. The Hall–Kier alpha value is -0.0600. The van der Waals surface area contributed by atoms with E-state index in [0.29, 0.717) is 13.2 Å². The first-order chi connectivity index (χ1) is 10.7. The van der Waals surface area contributed by atoms with E-state index in [1.807, 2.05) is 0 Å². The van der Waals surface area contributed by atoms with Crippen molar-refractivity contribution in [3.05, 3.63) is 0 Å². The molecule has 0 N–H and O–H groups in total. The number of hydrogen-bond acceptors (Lipinski definition) is 4. The molecule has 0 heterocycles. The first-order valence-electron chi connectivity index (χ1n) is 9.02. The van der Waals surface area contributed by atoms with E-state index < -0.39 is 0 Å². The zero-order valence-electron chi connectivity index (χ0n) is 14.5. The molecule has 132 valence electrons. The van der Waals surface area contributed by atoms with Crippen molar-refractivity contribution in [2.45, 2.75) is 90.9 Å². The van der Waals surface area contributed by atoms with Crippen LogP contribution < -0.4 is 0 Å². The van der Waals surface area contributed by atoms with Crippen LogP contribution in [0.1, 0.15) is 90.9 Å². The van der Waals surface area contributed by atoms with Gasteiger partial charge in [0.15, 0.2) is 0 Å². The van der Waals surface area contributed by atoms with Crippen molar-refractivity contribution >= 4 is 41.5 Å². The molecule has 0 bridgehead atoms. The number of unbranched alkanes of at least 4 members (excludes halogenated alkanes) is 9. The first-order valence-corrected chi connectivity index (χ1v) is 9.02. The van der Waals surface area contributed by atoms with Gasteiger partial charge in [-0.1, -0.05) is 64.7 Å². The third-order valence-electron chi connectivity index (χ3n) is 3.60. The zero-order valence-corrected chi connectivity index (χ0v) is 14.5. The minimum atomic E-state index is -0.335.